The van der Waals surface area contributed by atoms with Crippen molar-refractivity contribution in [2.24, 2.45) is 0 Å². The zero-order valence-corrected chi connectivity index (χ0v) is 27.8. The summed E-state index contributed by atoms with van der Waals surface area (Å²) in [5.41, 5.74) is 10.3. The maximum Gasteiger partial charge on any atom is 0.164 e. The van der Waals surface area contributed by atoms with E-state index >= 15 is 0 Å². The van der Waals surface area contributed by atoms with Gasteiger partial charge in [0.1, 0.15) is 5.65 Å². The Morgan fingerprint density at radius 3 is 1.62 bits per heavy atom. The molecular weight excluding hydrogens is 637 g/mol. The number of imidazole rings is 1. The van der Waals surface area contributed by atoms with E-state index in [0.29, 0.717) is 17.5 Å². The van der Waals surface area contributed by atoms with Crippen molar-refractivity contribution < 1.29 is 0 Å². The molecule has 0 aliphatic rings. The van der Waals surface area contributed by atoms with Crippen molar-refractivity contribution in [2.45, 2.75) is 0 Å². The number of benzene rings is 7. The highest BCUT2D eigenvalue weighted by atomic mass is 15.0. The van der Waals surface area contributed by atoms with Gasteiger partial charge in [-0.1, -0.05) is 121 Å². The first-order valence-corrected chi connectivity index (χ1v) is 17.4. The van der Waals surface area contributed by atoms with Crippen LogP contribution >= 0.6 is 0 Å². The van der Waals surface area contributed by atoms with Gasteiger partial charge in [0.2, 0.25) is 0 Å². The minimum Gasteiger partial charge on any atom is -0.309 e. The van der Waals surface area contributed by atoms with Gasteiger partial charge in [-0.2, -0.15) is 0 Å². The van der Waals surface area contributed by atoms with Gasteiger partial charge in [0, 0.05) is 49.3 Å². The first-order valence-electron chi connectivity index (χ1n) is 17.4. The minimum absolute atomic E-state index is 0.625. The van der Waals surface area contributed by atoms with Crippen LogP contribution in [0.3, 0.4) is 0 Å². The van der Waals surface area contributed by atoms with Crippen LogP contribution in [0.4, 0.5) is 0 Å². The number of hydrogen-bond acceptors (Lipinski definition) is 4. The summed E-state index contributed by atoms with van der Waals surface area (Å²) in [6, 6.07) is 59.0. The fourth-order valence-corrected chi connectivity index (χ4v) is 7.86. The average Bonchev–Trinajstić information content (AvgIpc) is 3.78. The molecule has 11 rings (SSSR count). The van der Waals surface area contributed by atoms with E-state index in [2.05, 4.69) is 118 Å². The van der Waals surface area contributed by atoms with Crippen molar-refractivity contribution in [3.8, 4) is 39.9 Å². The molecule has 4 aromatic heterocycles. The number of pyridine rings is 1. The van der Waals surface area contributed by atoms with Crippen molar-refractivity contribution in [2.75, 3.05) is 0 Å². The second-order valence-electron chi connectivity index (χ2n) is 13.1. The van der Waals surface area contributed by atoms with E-state index < -0.39 is 0 Å². The van der Waals surface area contributed by atoms with Crippen LogP contribution in [0, 0.1) is 0 Å². The van der Waals surface area contributed by atoms with E-state index in [1.807, 2.05) is 60.7 Å². The Balaban J connectivity index is 1.18. The molecule has 52 heavy (non-hydrogen) atoms. The van der Waals surface area contributed by atoms with Crippen LogP contribution in [0.5, 0.6) is 0 Å². The molecule has 242 valence electrons. The molecule has 11 aromatic rings. The third kappa shape index (κ3) is 4.25. The molecule has 0 saturated heterocycles. The van der Waals surface area contributed by atoms with Gasteiger partial charge in [-0.25, -0.2) is 19.9 Å². The van der Waals surface area contributed by atoms with Crippen molar-refractivity contribution in [3.05, 3.63) is 170 Å². The standard InChI is InChI=1S/C46H28N6/c1-3-14-29(15-4-1)43-48-44(30-16-5-2-6-17-30)50-45(49-43)31-18-13-19-32(28-31)51-37-23-10-8-21-34(37)42-40(51)27-26-35-41(42)33-20-7-11-24-38(33)52-39-25-12-9-22-36(39)47-46(35)52/h1-28H. The maximum absolute atomic E-state index is 5.19. The van der Waals surface area contributed by atoms with E-state index in [0.717, 1.165) is 61.0 Å². The summed E-state index contributed by atoms with van der Waals surface area (Å²) < 4.78 is 4.68. The Hall–Kier alpha value is -7.18. The summed E-state index contributed by atoms with van der Waals surface area (Å²) in [7, 11) is 0. The van der Waals surface area contributed by atoms with Gasteiger partial charge in [-0.05, 0) is 48.5 Å². The smallest absolute Gasteiger partial charge is 0.164 e. The molecule has 0 saturated carbocycles. The molecule has 0 fully saturated rings. The Morgan fingerprint density at radius 2 is 0.904 bits per heavy atom. The quantitative estimate of drug-likeness (QED) is 0.176. The van der Waals surface area contributed by atoms with Crippen LogP contribution in [-0.4, -0.2) is 28.9 Å². The lowest BCUT2D eigenvalue weighted by Crippen LogP contribution is -2.01. The normalized spacial score (nSPS) is 11.8. The number of aromatic nitrogens is 6. The average molecular weight is 665 g/mol. The van der Waals surface area contributed by atoms with E-state index in [-0.39, 0.29) is 0 Å². The molecule has 0 atom stereocenters. The Labute approximate surface area is 297 Å². The topological polar surface area (TPSA) is 60.9 Å². The van der Waals surface area contributed by atoms with Gasteiger partial charge in [-0.15, -0.1) is 0 Å². The van der Waals surface area contributed by atoms with Gasteiger partial charge >= 0.3 is 0 Å². The number of fused-ring (bicyclic) bond motifs is 12. The molecule has 6 nitrogen and oxygen atoms in total. The van der Waals surface area contributed by atoms with Gasteiger partial charge in [-0.3, -0.25) is 4.40 Å². The summed E-state index contributed by atoms with van der Waals surface area (Å²) in [5, 5.41) is 5.94. The first kappa shape index (κ1) is 28.6. The second-order valence-corrected chi connectivity index (χ2v) is 13.1. The van der Waals surface area contributed by atoms with Crippen LogP contribution in [0.1, 0.15) is 0 Å². The molecule has 0 aliphatic carbocycles. The van der Waals surface area contributed by atoms with E-state index in [1.54, 1.807) is 0 Å². The van der Waals surface area contributed by atoms with Crippen LogP contribution in [0.15, 0.2) is 170 Å². The Bertz CT molecular complexity index is 3120. The van der Waals surface area contributed by atoms with Gasteiger partial charge < -0.3 is 4.57 Å². The minimum atomic E-state index is 0.625. The second kappa shape index (κ2) is 11.2. The van der Waals surface area contributed by atoms with E-state index in [4.69, 9.17) is 19.9 Å². The summed E-state index contributed by atoms with van der Waals surface area (Å²) in [5.74, 6) is 1.91. The molecule has 0 unspecified atom stereocenters. The number of para-hydroxylation sites is 4. The lowest BCUT2D eigenvalue weighted by Gasteiger charge is -2.13. The Kier molecular flexibility index (Phi) is 6.15. The number of hydrogen-bond donors (Lipinski definition) is 0. The van der Waals surface area contributed by atoms with Crippen molar-refractivity contribution in [3.63, 3.8) is 0 Å². The maximum atomic E-state index is 5.19. The third-order valence-electron chi connectivity index (χ3n) is 10.1. The zero-order valence-electron chi connectivity index (χ0n) is 27.8. The molecule has 0 N–H and O–H groups in total. The first-order chi connectivity index (χ1) is 25.8. The predicted molar refractivity (Wildman–Crippen MR) is 212 cm³/mol. The summed E-state index contributed by atoms with van der Waals surface area (Å²) in [4.78, 5) is 20.1. The highest BCUT2D eigenvalue weighted by Crippen LogP contribution is 2.42. The molecule has 0 aliphatic heterocycles. The highest BCUT2D eigenvalue weighted by molar-refractivity contribution is 6.30. The van der Waals surface area contributed by atoms with Gasteiger partial charge in [0.05, 0.1) is 27.6 Å². The van der Waals surface area contributed by atoms with Crippen LogP contribution in [0.25, 0.3) is 100 Å². The van der Waals surface area contributed by atoms with Crippen LogP contribution < -0.4 is 0 Å². The molecule has 4 heterocycles. The number of nitrogens with zero attached hydrogens (tertiary/aromatic N) is 6. The van der Waals surface area contributed by atoms with Crippen molar-refractivity contribution in [1.82, 2.24) is 28.9 Å². The van der Waals surface area contributed by atoms with Crippen molar-refractivity contribution in [1.29, 1.82) is 0 Å². The molecule has 0 spiro atoms. The molecular formula is C46H28N6. The lowest BCUT2D eigenvalue weighted by molar-refractivity contribution is 1.07. The van der Waals surface area contributed by atoms with Crippen molar-refractivity contribution >= 4 is 60.2 Å². The monoisotopic (exact) mass is 664 g/mol. The fraction of sp³-hybridized carbons (Fsp3) is 0. The number of rotatable bonds is 4. The predicted octanol–water partition coefficient (Wildman–Crippen LogP) is 11.1. The Morgan fingerprint density at radius 1 is 0.346 bits per heavy atom. The van der Waals surface area contributed by atoms with Gasteiger partial charge in [0.15, 0.2) is 17.5 Å². The molecule has 0 radical (unpaired) electrons. The molecule has 0 bridgehead atoms. The van der Waals surface area contributed by atoms with Gasteiger partial charge in [0.25, 0.3) is 0 Å². The summed E-state index contributed by atoms with van der Waals surface area (Å²) in [6.07, 6.45) is 0. The summed E-state index contributed by atoms with van der Waals surface area (Å²) in [6.45, 7) is 0. The zero-order chi connectivity index (χ0) is 34.2. The fourth-order valence-electron chi connectivity index (χ4n) is 7.86. The SMILES string of the molecule is c1ccc(-c2nc(-c3ccccc3)nc(-c3cccc(-n4c5ccccc5c5c6c7ccccc7n7c8ccccc8nc7c6ccc54)c3)n2)cc1. The van der Waals surface area contributed by atoms with Crippen LogP contribution in [0.2, 0.25) is 0 Å². The third-order valence-corrected chi connectivity index (χ3v) is 10.1. The van der Waals surface area contributed by atoms with E-state index in [1.165, 1.54) is 21.5 Å². The largest absolute Gasteiger partial charge is 0.309 e. The lowest BCUT2D eigenvalue weighted by atomic mass is 10.00. The summed E-state index contributed by atoms with van der Waals surface area (Å²) >= 11 is 0. The highest BCUT2D eigenvalue weighted by Gasteiger charge is 2.21. The van der Waals surface area contributed by atoms with E-state index in [9.17, 15) is 0 Å². The van der Waals surface area contributed by atoms with Crippen LogP contribution in [-0.2, 0) is 0 Å². The molecule has 0 amide bonds. The molecule has 7 aromatic carbocycles. The molecule has 6 heteroatoms.